The minimum atomic E-state index is -1.22. The number of hydrogen-bond donors (Lipinski definition) is 8. The summed E-state index contributed by atoms with van der Waals surface area (Å²) < 4.78 is 0. The second-order valence-electron chi connectivity index (χ2n) is 11.8. The van der Waals surface area contributed by atoms with Gasteiger partial charge in [-0.05, 0) is 74.8 Å². The molecule has 13 heteroatoms. The second kappa shape index (κ2) is 19.1. The Labute approximate surface area is 269 Å². The number of carboxylic acid groups (broad SMARTS) is 1. The zero-order chi connectivity index (χ0) is 34.2. The number of aromatic hydroxyl groups is 1. The Bertz CT molecular complexity index is 1290. The van der Waals surface area contributed by atoms with E-state index in [0.29, 0.717) is 24.9 Å². The van der Waals surface area contributed by atoms with E-state index in [1.54, 1.807) is 12.1 Å². The summed E-state index contributed by atoms with van der Waals surface area (Å²) in [6.07, 6.45) is 1.78. The van der Waals surface area contributed by atoms with Crippen LogP contribution >= 0.6 is 0 Å². The SMILES string of the molecule is CC(C)C[C@H](NC(=O)[C@@H](N)Cc1ccccc1)C(=O)N[C@@H](C)C(=O)N[C@@H](Cc1ccc(O)cc1)C(=O)N[C@@H](CCCCN)C(=O)O. The first-order valence-corrected chi connectivity index (χ1v) is 15.5. The van der Waals surface area contributed by atoms with Gasteiger partial charge in [0.1, 0.15) is 29.9 Å². The van der Waals surface area contributed by atoms with Crippen molar-refractivity contribution < 1.29 is 34.2 Å². The lowest BCUT2D eigenvalue weighted by Gasteiger charge is -2.26. The molecule has 0 aliphatic heterocycles. The van der Waals surface area contributed by atoms with E-state index >= 15 is 0 Å². The average molecular weight is 641 g/mol. The molecule has 10 N–H and O–H groups in total. The Hall–Kier alpha value is -4.49. The highest BCUT2D eigenvalue weighted by atomic mass is 16.4. The Morgan fingerprint density at radius 2 is 1.26 bits per heavy atom. The molecule has 4 amide bonds. The molecule has 252 valence electrons. The summed E-state index contributed by atoms with van der Waals surface area (Å²) in [6, 6.07) is 9.88. The molecule has 0 heterocycles. The number of rotatable bonds is 19. The summed E-state index contributed by atoms with van der Waals surface area (Å²) >= 11 is 0. The first-order chi connectivity index (χ1) is 21.8. The molecule has 46 heavy (non-hydrogen) atoms. The maximum atomic E-state index is 13.3. The Morgan fingerprint density at radius 3 is 1.85 bits per heavy atom. The summed E-state index contributed by atoms with van der Waals surface area (Å²) in [7, 11) is 0. The predicted molar refractivity (Wildman–Crippen MR) is 173 cm³/mol. The number of aliphatic carboxylic acids is 1. The van der Waals surface area contributed by atoms with Crippen molar-refractivity contribution in [2.75, 3.05) is 6.54 Å². The van der Waals surface area contributed by atoms with Crippen LogP contribution in [0.2, 0.25) is 0 Å². The third-order valence-corrected chi connectivity index (χ3v) is 7.30. The lowest BCUT2D eigenvalue weighted by molar-refractivity contribution is -0.142. The average Bonchev–Trinajstić information content (AvgIpc) is 3.00. The van der Waals surface area contributed by atoms with Crippen molar-refractivity contribution in [3.8, 4) is 5.75 Å². The van der Waals surface area contributed by atoms with Crippen molar-refractivity contribution in [3.63, 3.8) is 0 Å². The summed E-state index contributed by atoms with van der Waals surface area (Å²) in [5.74, 6) is -3.71. The number of benzene rings is 2. The smallest absolute Gasteiger partial charge is 0.326 e. The van der Waals surface area contributed by atoms with Gasteiger partial charge in [0.2, 0.25) is 23.6 Å². The normalized spacial score (nSPS) is 14.3. The molecule has 0 radical (unpaired) electrons. The minimum Gasteiger partial charge on any atom is -0.508 e. The molecule has 0 unspecified atom stereocenters. The highest BCUT2D eigenvalue weighted by molar-refractivity contribution is 5.95. The van der Waals surface area contributed by atoms with Crippen molar-refractivity contribution in [1.29, 1.82) is 0 Å². The zero-order valence-corrected chi connectivity index (χ0v) is 26.7. The summed E-state index contributed by atoms with van der Waals surface area (Å²) in [5.41, 5.74) is 13.1. The van der Waals surface area contributed by atoms with Crippen LogP contribution in [0.5, 0.6) is 5.75 Å². The van der Waals surface area contributed by atoms with Gasteiger partial charge in [-0.15, -0.1) is 0 Å². The molecule has 5 atom stereocenters. The fourth-order valence-corrected chi connectivity index (χ4v) is 4.72. The van der Waals surface area contributed by atoms with Crippen LogP contribution in [-0.4, -0.2) is 76.6 Å². The highest BCUT2D eigenvalue weighted by Crippen LogP contribution is 2.13. The van der Waals surface area contributed by atoms with Gasteiger partial charge in [0.15, 0.2) is 0 Å². The largest absolute Gasteiger partial charge is 0.508 e. The number of hydrogen-bond acceptors (Lipinski definition) is 8. The second-order valence-corrected chi connectivity index (χ2v) is 11.8. The summed E-state index contributed by atoms with van der Waals surface area (Å²) in [4.78, 5) is 64.5. The molecule has 0 saturated heterocycles. The first-order valence-electron chi connectivity index (χ1n) is 15.5. The van der Waals surface area contributed by atoms with Gasteiger partial charge in [-0.2, -0.15) is 0 Å². The highest BCUT2D eigenvalue weighted by Gasteiger charge is 2.30. The number of phenols is 1. The molecular formula is C33H48N6O7. The molecule has 2 rings (SSSR count). The van der Waals surface area contributed by atoms with Gasteiger partial charge < -0.3 is 42.9 Å². The molecule has 13 nitrogen and oxygen atoms in total. The van der Waals surface area contributed by atoms with Crippen LogP contribution in [0.4, 0.5) is 0 Å². The van der Waals surface area contributed by atoms with Crippen molar-refractivity contribution in [2.24, 2.45) is 17.4 Å². The number of nitrogens with one attached hydrogen (secondary N) is 4. The van der Waals surface area contributed by atoms with Crippen molar-refractivity contribution in [1.82, 2.24) is 21.3 Å². The molecular weight excluding hydrogens is 592 g/mol. The van der Waals surface area contributed by atoms with Crippen LogP contribution in [-0.2, 0) is 36.8 Å². The molecule has 0 aliphatic rings. The summed E-state index contributed by atoms with van der Waals surface area (Å²) in [6.45, 7) is 5.59. The predicted octanol–water partition coefficient (Wildman–Crippen LogP) is 0.724. The zero-order valence-electron chi connectivity index (χ0n) is 26.7. The van der Waals surface area contributed by atoms with Gasteiger partial charge in [-0.3, -0.25) is 19.2 Å². The number of phenolic OH excluding ortho intramolecular Hbond substituents is 1. The lowest BCUT2D eigenvalue weighted by atomic mass is 10.0. The monoisotopic (exact) mass is 640 g/mol. The molecule has 0 saturated carbocycles. The number of nitrogens with two attached hydrogens (primary N) is 2. The molecule has 0 bridgehead atoms. The fraction of sp³-hybridized carbons (Fsp3) is 0.485. The molecule has 0 aromatic heterocycles. The first kappa shape index (κ1) is 37.7. The molecule has 0 fully saturated rings. The Balaban J connectivity index is 2.13. The van der Waals surface area contributed by atoms with Crippen LogP contribution in [0, 0.1) is 5.92 Å². The maximum Gasteiger partial charge on any atom is 0.326 e. The Morgan fingerprint density at radius 1 is 0.696 bits per heavy atom. The van der Waals surface area contributed by atoms with E-state index in [9.17, 15) is 34.2 Å². The van der Waals surface area contributed by atoms with E-state index in [2.05, 4.69) is 21.3 Å². The van der Waals surface area contributed by atoms with Crippen LogP contribution in [0.15, 0.2) is 54.6 Å². The third-order valence-electron chi connectivity index (χ3n) is 7.30. The third kappa shape index (κ3) is 13.2. The van der Waals surface area contributed by atoms with Gasteiger partial charge >= 0.3 is 5.97 Å². The van der Waals surface area contributed by atoms with E-state index < -0.39 is 59.8 Å². The quantitative estimate of drug-likeness (QED) is 0.101. The van der Waals surface area contributed by atoms with Crippen LogP contribution in [0.1, 0.15) is 57.6 Å². The van der Waals surface area contributed by atoms with Crippen LogP contribution < -0.4 is 32.7 Å². The number of unbranched alkanes of at least 4 members (excludes halogenated alkanes) is 1. The van der Waals surface area contributed by atoms with E-state index in [-0.39, 0.29) is 37.4 Å². The van der Waals surface area contributed by atoms with Crippen LogP contribution in [0.3, 0.4) is 0 Å². The van der Waals surface area contributed by atoms with E-state index in [1.807, 2.05) is 44.2 Å². The topological polar surface area (TPSA) is 226 Å². The number of carbonyl (C=O) groups excluding carboxylic acids is 4. The number of carbonyl (C=O) groups is 5. The molecule has 0 aliphatic carbocycles. The fourth-order valence-electron chi connectivity index (χ4n) is 4.72. The van der Waals surface area contributed by atoms with E-state index in [4.69, 9.17) is 11.5 Å². The molecule has 2 aromatic rings. The summed E-state index contributed by atoms with van der Waals surface area (Å²) in [5, 5.41) is 29.7. The lowest BCUT2D eigenvalue weighted by Crippen LogP contribution is -2.58. The van der Waals surface area contributed by atoms with Gasteiger partial charge in [0.25, 0.3) is 0 Å². The Kier molecular flexibility index (Phi) is 15.7. The van der Waals surface area contributed by atoms with Crippen molar-refractivity contribution >= 4 is 29.6 Å². The maximum absolute atomic E-state index is 13.3. The molecule has 2 aromatic carbocycles. The van der Waals surface area contributed by atoms with Gasteiger partial charge in [0.05, 0.1) is 6.04 Å². The van der Waals surface area contributed by atoms with Gasteiger partial charge in [0, 0.05) is 6.42 Å². The van der Waals surface area contributed by atoms with E-state index in [1.165, 1.54) is 19.1 Å². The molecule has 0 spiro atoms. The van der Waals surface area contributed by atoms with Crippen molar-refractivity contribution in [3.05, 3.63) is 65.7 Å². The standard InChI is InChI=1S/C33H48N6O7/c1-20(2)17-27(39-30(42)25(35)18-22-9-5-4-6-10-22)31(43)36-21(3)29(41)38-28(19-23-12-14-24(40)15-13-23)32(44)37-26(33(45)46)11-7-8-16-34/h4-6,9-10,12-15,20-21,25-28,40H,7-8,11,16-19,34-35H2,1-3H3,(H,36,43)(H,37,44)(H,38,41)(H,39,42)(H,45,46)/t21-,25-,26-,27-,28-/m0/s1. The van der Waals surface area contributed by atoms with E-state index in [0.717, 1.165) is 5.56 Å². The minimum absolute atomic E-state index is 0.0139. The van der Waals surface area contributed by atoms with Gasteiger partial charge in [-0.25, -0.2) is 4.79 Å². The number of carboxylic acids is 1. The number of amides is 4. The van der Waals surface area contributed by atoms with Crippen LogP contribution in [0.25, 0.3) is 0 Å². The van der Waals surface area contributed by atoms with Crippen molar-refractivity contribution in [2.45, 2.75) is 89.5 Å². The van der Waals surface area contributed by atoms with Gasteiger partial charge in [-0.1, -0.05) is 56.3 Å².